The Morgan fingerprint density at radius 1 is 0.950 bits per heavy atom. The maximum absolute atomic E-state index is 13.1. The fraction of sp³-hybridized carbons (Fsp3) is 0.235. The van der Waals surface area contributed by atoms with Crippen molar-refractivity contribution in [1.29, 1.82) is 0 Å². The van der Waals surface area contributed by atoms with Crippen molar-refractivity contribution in [2.75, 3.05) is 11.4 Å². The molecule has 1 aliphatic heterocycles. The number of rotatable bonds is 6. The molecule has 5 aromatic rings. The Balaban J connectivity index is 1.30. The lowest BCUT2D eigenvalue weighted by Crippen LogP contribution is -2.24. The fourth-order valence-corrected chi connectivity index (χ4v) is 5.33. The number of nitrogens with one attached hydrogen (secondary N) is 1. The summed E-state index contributed by atoms with van der Waals surface area (Å²) in [5.41, 5.74) is 5.08. The number of carbonyl (C=O) groups excluding carboxylic acids is 1. The fourth-order valence-electron chi connectivity index (χ4n) is 5.33. The van der Waals surface area contributed by atoms with Crippen molar-refractivity contribution in [2.24, 2.45) is 0 Å². The van der Waals surface area contributed by atoms with Gasteiger partial charge >= 0.3 is 5.97 Å². The Hall–Kier alpha value is -4.58. The van der Waals surface area contributed by atoms with Crippen molar-refractivity contribution in [3.63, 3.8) is 0 Å². The first kappa shape index (κ1) is 25.7. The molecule has 1 aliphatic rings. The standard InChI is InChI=1S/C34H33N3O3/c1-34(2,3)40-33(38)29-16-13-25(21-31(29)39-28-20-26-17-18-35-32(26)36-22-28)23-11-14-27(15-12-23)37-19-7-10-30(37)24-8-5-4-6-9-24/h4-6,8-9,11-18,20-22,30H,7,10,19H2,1-3H3,(H,35,36). The Morgan fingerprint density at radius 2 is 1.73 bits per heavy atom. The van der Waals surface area contributed by atoms with E-state index in [2.05, 4.69) is 69.5 Å². The summed E-state index contributed by atoms with van der Waals surface area (Å²) < 4.78 is 11.9. The number of carbonyl (C=O) groups is 1. The molecule has 0 saturated carbocycles. The number of ether oxygens (including phenoxy) is 2. The Kier molecular flexibility index (Phi) is 6.76. The second kappa shape index (κ2) is 10.5. The Morgan fingerprint density at radius 3 is 2.50 bits per heavy atom. The van der Waals surface area contributed by atoms with Crippen molar-refractivity contribution >= 4 is 22.7 Å². The van der Waals surface area contributed by atoms with Gasteiger partial charge in [0, 0.05) is 23.8 Å². The quantitative estimate of drug-likeness (QED) is 0.223. The van der Waals surface area contributed by atoms with Crippen LogP contribution in [0.4, 0.5) is 5.69 Å². The molecular weight excluding hydrogens is 498 g/mol. The molecule has 202 valence electrons. The van der Waals surface area contributed by atoms with Crippen molar-refractivity contribution in [3.8, 4) is 22.6 Å². The molecular formula is C34H33N3O3. The minimum atomic E-state index is -0.623. The van der Waals surface area contributed by atoms with Crippen LogP contribution in [0.2, 0.25) is 0 Å². The smallest absolute Gasteiger partial charge is 0.342 e. The summed E-state index contributed by atoms with van der Waals surface area (Å²) in [4.78, 5) is 23.1. The number of fused-ring (bicyclic) bond motifs is 1. The number of nitrogens with zero attached hydrogens (tertiary/aromatic N) is 2. The highest BCUT2D eigenvalue weighted by Gasteiger charge is 2.26. The molecule has 6 nitrogen and oxygen atoms in total. The molecule has 1 atom stereocenters. The monoisotopic (exact) mass is 531 g/mol. The van der Waals surface area contributed by atoms with Crippen LogP contribution in [0.5, 0.6) is 11.5 Å². The topological polar surface area (TPSA) is 67.4 Å². The Labute approximate surface area is 234 Å². The Bertz CT molecular complexity index is 1640. The van der Waals surface area contributed by atoms with Crippen LogP contribution in [0.15, 0.2) is 97.3 Å². The minimum Gasteiger partial charge on any atom is -0.456 e. The van der Waals surface area contributed by atoms with Crippen LogP contribution in [0.25, 0.3) is 22.2 Å². The number of hydrogen-bond donors (Lipinski definition) is 1. The third-order valence-electron chi connectivity index (χ3n) is 7.17. The summed E-state index contributed by atoms with van der Waals surface area (Å²) in [7, 11) is 0. The van der Waals surface area contributed by atoms with Gasteiger partial charge in [0.25, 0.3) is 0 Å². The van der Waals surface area contributed by atoms with Gasteiger partial charge in [0.15, 0.2) is 0 Å². The van der Waals surface area contributed by atoms with Crippen LogP contribution in [-0.4, -0.2) is 28.1 Å². The molecule has 1 fully saturated rings. The normalized spacial score (nSPS) is 15.4. The summed E-state index contributed by atoms with van der Waals surface area (Å²) in [6, 6.07) is 29.2. The molecule has 40 heavy (non-hydrogen) atoms. The van der Waals surface area contributed by atoms with E-state index in [1.165, 1.54) is 17.7 Å². The lowest BCUT2D eigenvalue weighted by molar-refractivity contribution is 0.00672. The zero-order chi connectivity index (χ0) is 27.7. The first-order chi connectivity index (χ1) is 19.3. The van der Waals surface area contributed by atoms with Gasteiger partial charge in [-0.3, -0.25) is 0 Å². The molecule has 3 heterocycles. The molecule has 1 N–H and O–H groups in total. The molecule has 0 bridgehead atoms. The number of hydrogen-bond acceptors (Lipinski definition) is 5. The highest BCUT2D eigenvalue weighted by molar-refractivity contribution is 5.94. The molecule has 0 spiro atoms. The summed E-state index contributed by atoms with van der Waals surface area (Å²) in [5.74, 6) is 0.544. The number of pyridine rings is 1. The van der Waals surface area contributed by atoms with E-state index in [-0.39, 0.29) is 0 Å². The van der Waals surface area contributed by atoms with Crippen molar-refractivity contribution in [2.45, 2.75) is 45.3 Å². The zero-order valence-corrected chi connectivity index (χ0v) is 23.1. The van der Waals surface area contributed by atoms with Crippen LogP contribution in [0, 0.1) is 0 Å². The summed E-state index contributed by atoms with van der Waals surface area (Å²) in [6.07, 6.45) is 5.82. The van der Waals surface area contributed by atoms with Gasteiger partial charge in [-0.05, 0) is 86.7 Å². The largest absolute Gasteiger partial charge is 0.456 e. The maximum atomic E-state index is 13.1. The van der Waals surface area contributed by atoms with Gasteiger partial charge in [0.1, 0.15) is 28.3 Å². The molecule has 0 aliphatic carbocycles. The third kappa shape index (κ3) is 5.43. The van der Waals surface area contributed by atoms with E-state index in [4.69, 9.17) is 9.47 Å². The summed E-state index contributed by atoms with van der Waals surface area (Å²) in [6.45, 7) is 6.61. The van der Waals surface area contributed by atoms with E-state index in [1.807, 2.05) is 51.2 Å². The van der Waals surface area contributed by atoms with Gasteiger partial charge in [-0.25, -0.2) is 9.78 Å². The first-order valence-electron chi connectivity index (χ1n) is 13.7. The van der Waals surface area contributed by atoms with Gasteiger partial charge < -0.3 is 19.4 Å². The van der Waals surface area contributed by atoms with E-state index in [0.29, 0.717) is 23.1 Å². The van der Waals surface area contributed by atoms with Crippen molar-refractivity contribution in [3.05, 3.63) is 108 Å². The number of H-pyrrole nitrogens is 1. The second-order valence-electron chi connectivity index (χ2n) is 11.2. The van der Waals surface area contributed by atoms with E-state index in [0.717, 1.165) is 35.1 Å². The lowest BCUT2D eigenvalue weighted by Gasteiger charge is -2.27. The summed E-state index contributed by atoms with van der Waals surface area (Å²) >= 11 is 0. The minimum absolute atomic E-state index is 0.368. The summed E-state index contributed by atoms with van der Waals surface area (Å²) in [5, 5.41) is 0.929. The first-order valence-corrected chi connectivity index (χ1v) is 13.7. The van der Waals surface area contributed by atoms with Gasteiger partial charge in [0.2, 0.25) is 0 Å². The van der Waals surface area contributed by atoms with Gasteiger partial charge in [-0.1, -0.05) is 48.5 Å². The van der Waals surface area contributed by atoms with Crippen LogP contribution >= 0.6 is 0 Å². The van der Waals surface area contributed by atoms with E-state index in [9.17, 15) is 4.79 Å². The third-order valence-corrected chi connectivity index (χ3v) is 7.17. The number of aromatic amines is 1. The molecule has 2 aromatic heterocycles. The van der Waals surface area contributed by atoms with Crippen LogP contribution < -0.4 is 9.64 Å². The highest BCUT2D eigenvalue weighted by Crippen LogP contribution is 2.38. The molecule has 6 rings (SSSR count). The maximum Gasteiger partial charge on any atom is 0.342 e. The second-order valence-corrected chi connectivity index (χ2v) is 11.2. The van der Waals surface area contributed by atoms with Crippen molar-refractivity contribution < 1.29 is 14.3 Å². The SMILES string of the molecule is CC(C)(C)OC(=O)c1ccc(-c2ccc(N3CCCC3c3ccccc3)cc2)cc1Oc1cnc2[nH]ccc2c1. The van der Waals surface area contributed by atoms with E-state index >= 15 is 0 Å². The number of anilines is 1. The molecule has 3 aromatic carbocycles. The zero-order valence-electron chi connectivity index (χ0n) is 23.1. The molecule has 0 amide bonds. The molecule has 1 saturated heterocycles. The number of benzene rings is 3. The molecule has 0 radical (unpaired) electrons. The van der Waals surface area contributed by atoms with Gasteiger partial charge in [-0.2, -0.15) is 0 Å². The van der Waals surface area contributed by atoms with E-state index in [1.54, 1.807) is 12.3 Å². The van der Waals surface area contributed by atoms with Crippen LogP contribution in [-0.2, 0) is 4.74 Å². The van der Waals surface area contributed by atoms with Gasteiger partial charge in [-0.15, -0.1) is 0 Å². The predicted octanol–water partition coefficient (Wildman–Crippen LogP) is 8.32. The molecule has 1 unspecified atom stereocenters. The number of aromatic nitrogens is 2. The van der Waals surface area contributed by atoms with Crippen LogP contribution in [0.3, 0.4) is 0 Å². The van der Waals surface area contributed by atoms with Gasteiger partial charge in [0.05, 0.1) is 12.2 Å². The average molecular weight is 532 g/mol. The predicted molar refractivity (Wildman–Crippen MR) is 159 cm³/mol. The van der Waals surface area contributed by atoms with Crippen molar-refractivity contribution in [1.82, 2.24) is 9.97 Å². The van der Waals surface area contributed by atoms with Crippen LogP contribution in [0.1, 0.15) is 55.6 Å². The number of esters is 1. The molecule has 6 heteroatoms. The average Bonchev–Trinajstić information content (AvgIpc) is 3.62. The van der Waals surface area contributed by atoms with E-state index < -0.39 is 11.6 Å². The lowest BCUT2D eigenvalue weighted by atomic mass is 10.0. The highest BCUT2D eigenvalue weighted by atomic mass is 16.6.